The van der Waals surface area contributed by atoms with Gasteiger partial charge in [0.25, 0.3) is 0 Å². The van der Waals surface area contributed by atoms with Crippen molar-refractivity contribution in [3.05, 3.63) is 265 Å². The molecule has 0 N–H and O–H groups in total. The van der Waals surface area contributed by atoms with Gasteiger partial charge in [0.2, 0.25) is 0 Å². The average Bonchev–Trinajstić information content (AvgIpc) is 3.65. The van der Waals surface area contributed by atoms with Gasteiger partial charge in [-0.05, 0) is 91.0 Å². The Morgan fingerprint density at radius 2 is 0.656 bits per heavy atom. The van der Waals surface area contributed by atoms with Crippen LogP contribution in [0.2, 0.25) is 0 Å². The van der Waals surface area contributed by atoms with Crippen LogP contribution in [0.15, 0.2) is 243 Å². The molecule has 0 amide bonds. The first-order chi connectivity index (χ1) is 30.2. The van der Waals surface area contributed by atoms with Gasteiger partial charge in [0.05, 0.1) is 16.8 Å². The van der Waals surface area contributed by atoms with E-state index in [0.717, 1.165) is 44.8 Å². The third kappa shape index (κ3) is 6.46. The number of hydrogen-bond acceptors (Lipinski definition) is 2. The molecule has 11 rings (SSSR count). The van der Waals surface area contributed by atoms with Crippen molar-refractivity contribution in [1.29, 1.82) is 0 Å². The number of rotatable bonds is 8. The average molecular weight is 777 g/mol. The van der Waals surface area contributed by atoms with Crippen LogP contribution in [0.5, 0.6) is 0 Å². The van der Waals surface area contributed by atoms with Crippen molar-refractivity contribution in [1.82, 2.24) is 9.97 Å². The number of aromatic nitrogens is 2. The molecule has 1 aliphatic rings. The van der Waals surface area contributed by atoms with Crippen LogP contribution in [-0.4, -0.2) is 9.97 Å². The Morgan fingerprint density at radius 3 is 1.30 bits per heavy atom. The van der Waals surface area contributed by atoms with Crippen LogP contribution >= 0.6 is 0 Å². The maximum absolute atomic E-state index is 5.12. The van der Waals surface area contributed by atoms with Gasteiger partial charge in [-0.2, -0.15) is 0 Å². The molecule has 0 radical (unpaired) electrons. The third-order valence-corrected chi connectivity index (χ3v) is 12.2. The molecule has 0 bridgehead atoms. The van der Waals surface area contributed by atoms with E-state index in [2.05, 4.69) is 218 Å². The minimum absolute atomic E-state index is 0.441. The van der Waals surface area contributed by atoms with Gasteiger partial charge >= 0.3 is 0 Å². The summed E-state index contributed by atoms with van der Waals surface area (Å²) in [5, 5.41) is 0. The van der Waals surface area contributed by atoms with E-state index in [0.29, 0.717) is 5.82 Å². The van der Waals surface area contributed by atoms with Crippen LogP contribution in [0.1, 0.15) is 22.3 Å². The molecule has 286 valence electrons. The predicted molar refractivity (Wildman–Crippen MR) is 252 cm³/mol. The molecule has 10 aromatic rings. The highest BCUT2D eigenvalue weighted by Crippen LogP contribution is 2.56. The third-order valence-electron chi connectivity index (χ3n) is 12.2. The molecule has 0 fully saturated rings. The van der Waals surface area contributed by atoms with Gasteiger partial charge in [-0.3, -0.25) is 0 Å². The zero-order valence-electron chi connectivity index (χ0n) is 33.5. The van der Waals surface area contributed by atoms with Gasteiger partial charge in [-0.15, -0.1) is 0 Å². The molecular formula is C59H40N2. The summed E-state index contributed by atoms with van der Waals surface area (Å²) in [4.78, 5) is 10.2. The molecule has 0 aliphatic heterocycles. The van der Waals surface area contributed by atoms with E-state index in [1.165, 1.54) is 50.1 Å². The predicted octanol–water partition coefficient (Wildman–Crippen LogP) is 14.8. The highest BCUT2D eigenvalue weighted by atomic mass is 14.9. The summed E-state index contributed by atoms with van der Waals surface area (Å²) in [5.41, 5.74) is 19.2. The number of hydrogen-bond donors (Lipinski definition) is 0. The van der Waals surface area contributed by atoms with Crippen LogP contribution < -0.4 is 0 Å². The fourth-order valence-electron chi connectivity index (χ4n) is 9.28. The van der Waals surface area contributed by atoms with Gasteiger partial charge in [0.15, 0.2) is 5.82 Å². The Bertz CT molecular complexity index is 3120. The topological polar surface area (TPSA) is 25.8 Å². The lowest BCUT2D eigenvalue weighted by molar-refractivity contribution is 0.769. The fraction of sp³-hybridized carbons (Fsp3) is 0.0169. The maximum atomic E-state index is 5.12. The van der Waals surface area contributed by atoms with Crippen molar-refractivity contribution < 1.29 is 0 Å². The Hall–Kier alpha value is -7.94. The van der Waals surface area contributed by atoms with Crippen LogP contribution in [0.4, 0.5) is 0 Å². The quantitative estimate of drug-likeness (QED) is 0.154. The monoisotopic (exact) mass is 776 g/mol. The molecular weight excluding hydrogens is 737 g/mol. The van der Waals surface area contributed by atoms with Crippen molar-refractivity contribution >= 4 is 0 Å². The largest absolute Gasteiger partial charge is 0.228 e. The van der Waals surface area contributed by atoms with E-state index in [9.17, 15) is 0 Å². The molecule has 0 saturated heterocycles. The normalized spacial score (nSPS) is 12.4. The number of benzene rings is 9. The van der Waals surface area contributed by atoms with E-state index in [1.54, 1.807) is 0 Å². The highest BCUT2D eigenvalue weighted by Gasteiger charge is 2.46. The molecule has 0 saturated carbocycles. The van der Waals surface area contributed by atoms with Crippen molar-refractivity contribution in [2.45, 2.75) is 5.41 Å². The minimum atomic E-state index is -0.441. The van der Waals surface area contributed by atoms with E-state index >= 15 is 0 Å². The molecule has 1 heterocycles. The zero-order chi connectivity index (χ0) is 40.6. The lowest BCUT2D eigenvalue weighted by Gasteiger charge is -2.34. The Balaban J connectivity index is 0.967. The van der Waals surface area contributed by atoms with Crippen LogP contribution in [0.3, 0.4) is 0 Å². The van der Waals surface area contributed by atoms with Gasteiger partial charge < -0.3 is 0 Å². The maximum Gasteiger partial charge on any atom is 0.160 e. The second-order valence-electron chi connectivity index (χ2n) is 15.7. The number of fused-ring (bicyclic) bond motifs is 3. The van der Waals surface area contributed by atoms with Crippen LogP contribution in [0, 0.1) is 0 Å². The molecule has 1 aromatic heterocycles. The summed E-state index contributed by atoms with van der Waals surface area (Å²) in [6.07, 6.45) is 0. The lowest BCUT2D eigenvalue weighted by atomic mass is 9.67. The van der Waals surface area contributed by atoms with Crippen molar-refractivity contribution in [2.24, 2.45) is 0 Å². The lowest BCUT2D eigenvalue weighted by Crippen LogP contribution is -2.28. The van der Waals surface area contributed by atoms with Crippen LogP contribution in [-0.2, 0) is 5.41 Å². The van der Waals surface area contributed by atoms with Crippen molar-refractivity contribution in [3.63, 3.8) is 0 Å². The first kappa shape index (κ1) is 36.2. The van der Waals surface area contributed by atoms with E-state index in [-0.39, 0.29) is 0 Å². The molecule has 0 atom stereocenters. The van der Waals surface area contributed by atoms with E-state index in [1.807, 2.05) is 24.3 Å². The van der Waals surface area contributed by atoms with Crippen molar-refractivity contribution in [2.75, 3.05) is 0 Å². The molecule has 2 heteroatoms. The Labute approximate surface area is 357 Å². The fourth-order valence-corrected chi connectivity index (χ4v) is 9.28. The Kier molecular flexibility index (Phi) is 9.09. The summed E-state index contributed by atoms with van der Waals surface area (Å²) < 4.78 is 0. The van der Waals surface area contributed by atoms with Crippen molar-refractivity contribution in [3.8, 4) is 78.4 Å². The van der Waals surface area contributed by atoms with Gasteiger partial charge in [0.1, 0.15) is 0 Å². The molecule has 61 heavy (non-hydrogen) atoms. The SMILES string of the molecule is c1ccc(-c2cccc(-c3cc(-c4ccc(-c5cccc(-c6ccc7c(c6)C(c6ccccc6)(c6ccccc6)c6ccccc6-7)c5)cc4)nc(-c4ccccc4)n3)c2)cc1. The summed E-state index contributed by atoms with van der Waals surface area (Å²) >= 11 is 0. The van der Waals surface area contributed by atoms with Gasteiger partial charge in [-0.25, -0.2) is 9.97 Å². The second kappa shape index (κ2) is 15.3. The van der Waals surface area contributed by atoms with Crippen LogP contribution in [0.25, 0.3) is 78.4 Å². The summed E-state index contributed by atoms with van der Waals surface area (Å²) in [7, 11) is 0. The summed E-state index contributed by atoms with van der Waals surface area (Å²) in [5.74, 6) is 0.705. The highest BCUT2D eigenvalue weighted by molar-refractivity contribution is 5.89. The molecule has 0 unspecified atom stereocenters. The zero-order valence-corrected chi connectivity index (χ0v) is 33.5. The van der Waals surface area contributed by atoms with Gasteiger partial charge in [0, 0.05) is 16.7 Å². The van der Waals surface area contributed by atoms with E-state index < -0.39 is 5.41 Å². The summed E-state index contributed by atoms with van der Waals surface area (Å²) in [6.45, 7) is 0. The molecule has 0 spiro atoms. The standard InChI is InChI=1S/C59H40N2/c1-5-17-41(18-6-1)46-22-16-24-49(38-46)57-40-56(60-58(61-57)44-19-7-2-8-20-44)43-33-31-42(32-34-43)45-21-15-23-47(37-45)48-35-36-53-52-29-13-14-30-54(52)59(55(53)39-48,50-25-9-3-10-26-50)51-27-11-4-12-28-51/h1-40H. The van der Waals surface area contributed by atoms with Gasteiger partial charge in [-0.1, -0.05) is 218 Å². The second-order valence-corrected chi connectivity index (χ2v) is 15.7. The molecule has 1 aliphatic carbocycles. The molecule has 2 nitrogen and oxygen atoms in total. The Morgan fingerprint density at radius 1 is 0.246 bits per heavy atom. The minimum Gasteiger partial charge on any atom is -0.228 e. The molecule has 9 aromatic carbocycles. The summed E-state index contributed by atoms with van der Waals surface area (Å²) in [6, 6.07) is 87.2. The van der Waals surface area contributed by atoms with E-state index in [4.69, 9.17) is 9.97 Å². The first-order valence-electron chi connectivity index (χ1n) is 20.9. The smallest absolute Gasteiger partial charge is 0.160 e. The number of nitrogens with zero attached hydrogens (tertiary/aromatic N) is 2. The first-order valence-corrected chi connectivity index (χ1v) is 20.9.